The molecule has 0 aliphatic carbocycles. The highest BCUT2D eigenvalue weighted by Gasteiger charge is 2.24. The van der Waals surface area contributed by atoms with Gasteiger partial charge in [0, 0.05) is 18.9 Å². The van der Waals surface area contributed by atoms with E-state index in [0.29, 0.717) is 0 Å². The molecule has 0 atom stereocenters. The highest BCUT2D eigenvalue weighted by Crippen LogP contribution is 2.27. The van der Waals surface area contributed by atoms with Crippen LogP contribution in [0.2, 0.25) is 0 Å². The van der Waals surface area contributed by atoms with Gasteiger partial charge >= 0.3 is 5.97 Å². The topological polar surface area (TPSA) is 94.9 Å². The first-order chi connectivity index (χ1) is 11.0. The van der Waals surface area contributed by atoms with Crippen LogP contribution in [0, 0.1) is 0 Å². The van der Waals surface area contributed by atoms with Crippen LogP contribution in [0.1, 0.15) is 61.7 Å². The third-order valence-corrected chi connectivity index (χ3v) is 4.00. The van der Waals surface area contributed by atoms with Crippen molar-refractivity contribution in [3.63, 3.8) is 0 Å². The van der Waals surface area contributed by atoms with E-state index in [1.54, 1.807) is 0 Å². The van der Waals surface area contributed by atoms with Gasteiger partial charge in [0.1, 0.15) is 11.3 Å². The fraction of sp³-hybridized carbons (Fsp3) is 0.471. The Bertz CT molecular complexity index is 589. The second-order valence-corrected chi connectivity index (χ2v) is 5.75. The molecular weight excluding hydrogens is 298 g/mol. The maximum atomic E-state index is 12.4. The Morgan fingerprint density at radius 1 is 0.913 bits per heavy atom. The molecule has 0 spiro atoms. The van der Waals surface area contributed by atoms with Crippen molar-refractivity contribution in [3.8, 4) is 5.75 Å². The molecule has 0 radical (unpaired) electrons. The van der Waals surface area contributed by atoms with E-state index in [0.717, 1.165) is 43.4 Å². The number of benzene rings is 1. The number of hydrogen-bond acceptors (Lipinski definition) is 4. The lowest BCUT2D eigenvalue weighted by Crippen LogP contribution is -2.36. The van der Waals surface area contributed by atoms with Crippen molar-refractivity contribution in [2.45, 2.75) is 51.4 Å². The van der Waals surface area contributed by atoms with Gasteiger partial charge in [-0.1, -0.05) is 25.7 Å². The summed E-state index contributed by atoms with van der Waals surface area (Å²) in [5.41, 5.74) is -0.0340. The maximum absolute atomic E-state index is 12.4. The number of phenols is 1. The molecule has 0 bridgehead atoms. The van der Waals surface area contributed by atoms with Crippen LogP contribution in [0.4, 0.5) is 5.69 Å². The average Bonchev–Trinajstić information content (AvgIpc) is 2.52. The summed E-state index contributed by atoms with van der Waals surface area (Å²) in [6.07, 6.45) is 6.03. The summed E-state index contributed by atoms with van der Waals surface area (Å²) in [6, 6.07) is 3.76. The van der Waals surface area contributed by atoms with Gasteiger partial charge in [0.2, 0.25) is 11.8 Å². The number of carboxylic acid groups (broad SMARTS) is 1. The molecule has 6 nitrogen and oxygen atoms in total. The van der Waals surface area contributed by atoms with Crippen LogP contribution in [0.25, 0.3) is 0 Å². The number of hydrogen-bond donors (Lipinski definition) is 2. The first-order valence-corrected chi connectivity index (χ1v) is 7.93. The number of rotatable bonds is 2. The van der Waals surface area contributed by atoms with Gasteiger partial charge in [0.05, 0.1) is 5.69 Å². The van der Waals surface area contributed by atoms with Gasteiger partial charge in [-0.3, -0.25) is 14.5 Å². The lowest BCUT2D eigenvalue weighted by atomic mass is 10.1. The molecule has 0 saturated carbocycles. The molecule has 1 fully saturated rings. The normalized spacial score (nSPS) is 17.7. The molecule has 1 heterocycles. The highest BCUT2D eigenvalue weighted by atomic mass is 16.4. The van der Waals surface area contributed by atoms with E-state index >= 15 is 0 Å². The lowest BCUT2D eigenvalue weighted by molar-refractivity contribution is -0.126. The summed E-state index contributed by atoms with van der Waals surface area (Å²) in [6.45, 7) is 0. The molecule has 0 aromatic heterocycles. The molecule has 2 rings (SSSR count). The molecule has 0 unspecified atom stereocenters. The number of carboxylic acids is 1. The van der Waals surface area contributed by atoms with E-state index in [9.17, 15) is 19.5 Å². The SMILES string of the molecule is O=C(O)c1ccc(N2C(=O)CCCCCCCCC2=O)cc1O. The minimum absolute atomic E-state index is 0.224. The first kappa shape index (κ1) is 17.0. The fourth-order valence-electron chi connectivity index (χ4n) is 2.75. The predicted molar refractivity (Wildman–Crippen MR) is 84.5 cm³/mol. The number of nitrogens with zero attached hydrogens (tertiary/aromatic N) is 1. The van der Waals surface area contributed by atoms with Crippen LogP contribution in [-0.2, 0) is 9.59 Å². The van der Waals surface area contributed by atoms with Crippen molar-refractivity contribution in [2.75, 3.05) is 4.90 Å². The molecule has 23 heavy (non-hydrogen) atoms. The van der Waals surface area contributed by atoms with Gasteiger partial charge < -0.3 is 10.2 Å². The molecular formula is C17H21NO5. The minimum atomic E-state index is -1.26. The van der Waals surface area contributed by atoms with Crippen molar-refractivity contribution < 1.29 is 24.6 Å². The standard InChI is InChI=1S/C17H21NO5/c19-14-11-12(9-10-13(14)17(22)23)18-15(20)7-5-3-1-2-4-6-8-16(18)21/h9-11,19H,1-8H2,(H,22,23). The quantitative estimate of drug-likeness (QED) is 0.817. The lowest BCUT2D eigenvalue weighted by Gasteiger charge is -2.21. The number of carbonyl (C=O) groups is 3. The van der Waals surface area contributed by atoms with Crippen molar-refractivity contribution in [2.24, 2.45) is 0 Å². The van der Waals surface area contributed by atoms with Gasteiger partial charge in [-0.2, -0.15) is 0 Å². The third kappa shape index (κ3) is 4.31. The smallest absolute Gasteiger partial charge is 0.339 e. The molecule has 6 heteroatoms. The van der Waals surface area contributed by atoms with Crippen molar-refractivity contribution in [3.05, 3.63) is 23.8 Å². The summed E-state index contributed by atoms with van der Waals surface area (Å²) >= 11 is 0. The van der Waals surface area contributed by atoms with Crippen LogP contribution >= 0.6 is 0 Å². The van der Waals surface area contributed by atoms with Crippen LogP contribution < -0.4 is 4.90 Å². The molecule has 1 aromatic rings. The van der Waals surface area contributed by atoms with Gasteiger partial charge in [0.25, 0.3) is 0 Å². The van der Waals surface area contributed by atoms with Gasteiger partial charge in [-0.05, 0) is 25.0 Å². The van der Waals surface area contributed by atoms with E-state index < -0.39 is 11.7 Å². The summed E-state index contributed by atoms with van der Waals surface area (Å²) in [7, 11) is 0. The van der Waals surface area contributed by atoms with Crippen molar-refractivity contribution in [1.29, 1.82) is 0 Å². The number of imide groups is 1. The van der Waals surface area contributed by atoms with E-state index in [-0.39, 0.29) is 35.9 Å². The zero-order valence-electron chi connectivity index (χ0n) is 13.0. The summed E-state index contributed by atoms with van der Waals surface area (Å²) in [5.74, 6) is -2.33. The molecule has 1 aliphatic rings. The Balaban J connectivity index is 2.30. The van der Waals surface area contributed by atoms with Crippen molar-refractivity contribution >= 4 is 23.5 Å². The monoisotopic (exact) mass is 319 g/mol. The summed E-state index contributed by atoms with van der Waals surface area (Å²) < 4.78 is 0. The predicted octanol–water partition coefficient (Wildman–Crippen LogP) is 3.08. The second kappa shape index (κ2) is 7.76. The number of amides is 2. The Kier molecular flexibility index (Phi) is 5.73. The largest absolute Gasteiger partial charge is 0.507 e. The van der Waals surface area contributed by atoms with Gasteiger partial charge in [-0.25, -0.2) is 4.79 Å². The van der Waals surface area contributed by atoms with Gasteiger partial charge in [0.15, 0.2) is 0 Å². The van der Waals surface area contributed by atoms with Crippen molar-refractivity contribution in [1.82, 2.24) is 0 Å². The molecule has 2 amide bonds. The Morgan fingerprint density at radius 2 is 1.43 bits per heavy atom. The van der Waals surface area contributed by atoms with E-state index in [1.807, 2.05) is 0 Å². The number of anilines is 1. The molecule has 1 aliphatic heterocycles. The van der Waals surface area contributed by atoms with Crippen LogP contribution in [0.3, 0.4) is 0 Å². The highest BCUT2D eigenvalue weighted by molar-refractivity contribution is 6.15. The summed E-state index contributed by atoms with van der Waals surface area (Å²) in [5, 5.41) is 18.8. The molecule has 2 N–H and O–H groups in total. The van der Waals surface area contributed by atoms with E-state index in [4.69, 9.17) is 5.11 Å². The van der Waals surface area contributed by atoms with E-state index in [1.165, 1.54) is 18.2 Å². The zero-order chi connectivity index (χ0) is 16.8. The number of aromatic carboxylic acids is 1. The van der Waals surface area contributed by atoms with Crippen LogP contribution in [0.15, 0.2) is 18.2 Å². The van der Waals surface area contributed by atoms with E-state index in [2.05, 4.69) is 0 Å². The maximum Gasteiger partial charge on any atom is 0.339 e. The number of carbonyl (C=O) groups excluding carboxylic acids is 2. The Morgan fingerprint density at radius 3 is 1.91 bits per heavy atom. The zero-order valence-corrected chi connectivity index (χ0v) is 13.0. The van der Waals surface area contributed by atoms with Gasteiger partial charge in [-0.15, -0.1) is 0 Å². The van der Waals surface area contributed by atoms with Crippen LogP contribution in [0.5, 0.6) is 5.75 Å². The van der Waals surface area contributed by atoms with Crippen LogP contribution in [-0.4, -0.2) is 28.0 Å². The average molecular weight is 319 g/mol. The Labute approximate surface area is 134 Å². The molecule has 1 aromatic carbocycles. The first-order valence-electron chi connectivity index (χ1n) is 7.93. The number of aromatic hydroxyl groups is 1. The summed E-state index contributed by atoms with van der Waals surface area (Å²) in [4.78, 5) is 36.8. The second-order valence-electron chi connectivity index (χ2n) is 5.75. The third-order valence-electron chi connectivity index (χ3n) is 4.00. The Hall–Kier alpha value is -2.37. The molecule has 1 saturated heterocycles. The molecule has 124 valence electrons. The minimum Gasteiger partial charge on any atom is -0.507 e. The fourth-order valence-corrected chi connectivity index (χ4v) is 2.75.